The molecule has 8 heteroatoms. The van der Waals surface area contributed by atoms with E-state index in [1.807, 2.05) is 20.9 Å². The molecular weight excluding hydrogens is 503 g/mol. The number of piperidine rings is 2. The van der Waals surface area contributed by atoms with Crippen molar-refractivity contribution in [1.82, 2.24) is 25.4 Å². The zero-order valence-electron chi connectivity index (χ0n) is 20.2. The van der Waals surface area contributed by atoms with Crippen LogP contribution in [0.2, 0.25) is 0 Å². The van der Waals surface area contributed by atoms with Gasteiger partial charge in [0.25, 0.3) is 0 Å². The average molecular weight is 547 g/mol. The van der Waals surface area contributed by atoms with Crippen molar-refractivity contribution in [2.45, 2.75) is 71.9 Å². The van der Waals surface area contributed by atoms with Gasteiger partial charge in [-0.1, -0.05) is 6.42 Å². The molecule has 7 nitrogen and oxygen atoms in total. The van der Waals surface area contributed by atoms with Crippen LogP contribution in [0, 0.1) is 19.8 Å². The maximum absolute atomic E-state index is 5.74. The molecule has 1 aromatic heterocycles. The maximum atomic E-state index is 5.74. The van der Waals surface area contributed by atoms with Gasteiger partial charge in [-0.2, -0.15) is 0 Å². The molecule has 2 aliphatic heterocycles. The summed E-state index contributed by atoms with van der Waals surface area (Å²) in [5.41, 5.74) is 1.16. The van der Waals surface area contributed by atoms with Gasteiger partial charge in [-0.3, -0.25) is 14.8 Å². The lowest BCUT2D eigenvalue weighted by Gasteiger charge is -2.41. The van der Waals surface area contributed by atoms with Crippen LogP contribution in [0.4, 0.5) is 0 Å². The molecule has 1 aromatic rings. The van der Waals surface area contributed by atoms with Crippen molar-refractivity contribution >= 4 is 29.9 Å². The first-order chi connectivity index (χ1) is 14.4. The van der Waals surface area contributed by atoms with Crippen LogP contribution in [0.15, 0.2) is 9.41 Å². The Morgan fingerprint density at radius 3 is 2.35 bits per heavy atom. The molecule has 0 bridgehead atoms. The minimum Gasteiger partial charge on any atom is -0.444 e. The van der Waals surface area contributed by atoms with Crippen molar-refractivity contribution < 1.29 is 4.42 Å². The average Bonchev–Trinajstić information content (AvgIpc) is 3.06. The fourth-order valence-corrected chi connectivity index (χ4v) is 4.52. The Morgan fingerprint density at radius 2 is 1.77 bits per heavy atom. The molecule has 0 aromatic carbocycles. The minimum atomic E-state index is 0. The van der Waals surface area contributed by atoms with E-state index < -0.39 is 0 Å². The first-order valence-corrected chi connectivity index (χ1v) is 11.7. The Kier molecular flexibility index (Phi) is 10.5. The van der Waals surface area contributed by atoms with Crippen LogP contribution < -0.4 is 10.6 Å². The molecule has 3 heterocycles. The van der Waals surface area contributed by atoms with E-state index in [1.165, 1.54) is 45.2 Å². The predicted molar refractivity (Wildman–Crippen MR) is 138 cm³/mol. The van der Waals surface area contributed by atoms with Crippen LogP contribution in [0.1, 0.15) is 63.3 Å². The highest BCUT2D eigenvalue weighted by atomic mass is 127. The van der Waals surface area contributed by atoms with Gasteiger partial charge in [0.2, 0.25) is 5.89 Å². The molecule has 31 heavy (non-hydrogen) atoms. The zero-order chi connectivity index (χ0) is 21.6. The third-order valence-corrected chi connectivity index (χ3v) is 6.82. The molecule has 2 fully saturated rings. The number of nitrogens with zero attached hydrogens (tertiary/aromatic N) is 4. The summed E-state index contributed by atoms with van der Waals surface area (Å²) < 4.78 is 5.74. The molecule has 2 N–H and O–H groups in total. The van der Waals surface area contributed by atoms with Crippen molar-refractivity contribution in [3.63, 3.8) is 0 Å². The van der Waals surface area contributed by atoms with E-state index in [2.05, 4.69) is 44.3 Å². The number of aryl methyl sites for hydroxylation is 2. The van der Waals surface area contributed by atoms with Gasteiger partial charge in [0.15, 0.2) is 5.96 Å². The van der Waals surface area contributed by atoms with Crippen LogP contribution in [0.3, 0.4) is 0 Å². The lowest BCUT2D eigenvalue weighted by atomic mass is 9.97. The second kappa shape index (κ2) is 12.4. The first kappa shape index (κ1) is 26.4. The zero-order valence-corrected chi connectivity index (χ0v) is 22.5. The number of nitrogens with one attached hydrogen (secondary N) is 2. The highest BCUT2D eigenvalue weighted by Crippen LogP contribution is 2.21. The summed E-state index contributed by atoms with van der Waals surface area (Å²) in [5, 5.41) is 7.12. The van der Waals surface area contributed by atoms with E-state index in [0.717, 1.165) is 56.0 Å². The predicted octanol–water partition coefficient (Wildman–Crippen LogP) is 3.55. The number of rotatable bonds is 7. The van der Waals surface area contributed by atoms with E-state index in [1.54, 1.807) is 0 Å². The van der Waals surface area contributed by atoms with Crippen LogP contribution >= 0.6 is 24.0 Å². The first-order valence-electron chi connectivity index (χ1n) is 11.7. The van der Waals surface area contributed by atoms with Crippen LogP contribution in [-0.4, -0.2) is 72.6 Å². The molecule has 0 spiro atoms. The van der Waals surface area contributed by atoms with Crippen molar-refractivity contribution in [2.24, 2.45) is 10.9 Å². The summed E-state index contributed by atoms with van der Waals surface area (Å²) >= 11 is 0. The minimum absolute atomic E-state index is 0. The Hall–Kier alpha value is -0.870. The van der Waals surface area contributed by atoms with E-state index >= 15 is 0 Å². The van der Waals surface area contributed by atoms with Crippen molar-refractivity contribution in [2.75, 3.05) is 46.3 Å². The van der Waals surface area contributed by atoms with E-state index in [4.69, 9.17) is 4.42 Å². The molecule has 0 atom stereocenters. The Bertz CT molecular complexity index is 671. The Labute approximate surface area is 205 Å². The summed E-state index contributed by atoms with van der Waals surface area (Å²) in [7, 11) is 1.87. The van der Waals surface area contributed by atoms with Gasteiger partial charge in [0, 0.05) is 25.7 Å². The second-order valence-corrected chi connectivity index (χ2v) is 9.64. The summed E-state index contributed by atoms with van der Waals surface area (Å²) in [5.74, 6) is 3.39. The molecule has 178 valence electrons. The maximum Gasteiger partial charge on any atom is 0.208 e. The number of oxazole rings is 1. The van der Waals surface area contributed by atoms with Gasteiger partial charge in [-0.15, -0.1) is 24.0 Å². The van der Waals surface area contributed by atoms with Gasteiger partial charge < -0.3 is 15.1 Å². The normalized spacial score (nSPS) is 19.8. The molecule has 0 radical (unpaired) electrons. The largest absolute Gasteiger partial charge is 0.444 e. The number of guanidine groups is 1. The summed E-state index contributed by atoms with van der Waals surface area (Å²) in [6, 6.07) is 0. The van der Waals surface area contributed by atoms with Crippen molar-refractivity contribution in [3.8, 4) is 0 Å². The van der Waals surface area contributed by atoms with E-state index in [-0.39, 0.29) is 29.5 Å². The van der Waals surface area contributed by atoms with Gasteiger partial charge >= 0.3 is 0 Å². The summed E-state index contributed by atoms with van der Waals surface area (Å²) in [4.78, 5) is 14.0. The highest BCUT2D eigenvalue weighted by Gasteiger charge is 2.28. The van der Waals surface area contributed by atoms with Crippen molar-refractivity contribution in [3.05, 3.63) is 17.3 Å². The fourth-order valence-electron chi connectivity index (χ4n) is 4.52. The van der Waals surface area contributed by atoms with Gasteiger partial charge in [-0.25, -0.2) is 4.98 Å². The van der Waals surface area contributed by atoms with E-state index in [0.29, 0.717) is 5.92 Å². The van der Waals surface area contributed by atoms with Crippen molar-refractivity contribution in [1.29, 1.82) is 0 Å². The standard InChI is InChI=1S/C23H42N6O.HI/c1-18-19(2)30-21(27-18)16-28-13-9-20(10-14-28)15-25-22(24-5)26-17-23(3,4)29-11-7-6-8-12-29;/h20H,6-17H2,1-5H3,(H2,24,25,26);1H. The smallest absolute Gasteiger partial charge is 0.208 e. The summed E-state index contributed by atoms with van der Waals surface area (Å²) in [6.07, 6.45) is 6.41. The molecule has 2 aliphatic rings. The van der Waals surface area contributed by atoms with Gasteiger partial charge in [-0.05, 0) is 85.5 Å². The Balaban J connectivity index is 0.00000341. The molecule has 3 rings (SSSR count). The number of aromatic nitrogens is 1. The number of hydrogen-bond donors (Lipinski definition) is 2. The summed E-state index contributed by atoms with van der Waals surface area (Å²) in [6.45, 7) is 16.0. The Morgan fingerprint density at radius 1 is 1.10 bits per heavy atom. The van der Waals surface area contributed by atoms with Gasteiger partial charge in [0.1, 0.15) is 5.76 Å². The third-order valence-electron chi connectivity index (χ3n) is 6.82. The molecule has 0 aliphatic carbocycles. The van der Waals surface area contributed by atoms with E-state index in [9.17, 15) is 0 Å². The molecular formula is C23H43IN6O. The van der Waals surface area contributed by atoms with Gasteiger partial charge in [0.05, 0.1) is 12.2 Å². The lowest BCUT2D eigenvalue weighted by Crippen LogP contribution is -2.55. The van der Waals surface area contributed by atoms with Crippen LogP contribution in [-0.2, 0) is 6.54 Å². The lowest BCUT2D eigenvalue weighted by molar-refractivity contribution is 0.0982. The monoisotopic (exact) mass is 546 g/mol. The second-order valence-electron chi connectivity index (χ2n) is 9.64. The third kappa shape index (κ3) is 7.89. The number of halogens is 1. The van der Waals surface area contributed by atoms with Crippen LogP contribution in [0.5, 0.6) is 0 Å². The molecule has 0 amide bonds. The topological polar surface area (TPSA) is 68.9 Å². The highest BCUT2D eigenvalue weighted by molar-refractivity contribution is 14.0. The molecule has 0 unspecified atom stereocenters. The fraction of sp³-hybridized carbons (Fsp3) is 0.826. The molecule has 2 saturated heterocycles. The number of aliphatic imine (C=N–C) groups is 1. The van der Waals surface area contributed by atoms with Crippen LogP contribution in [0.25, 0.3) is 0 Å². The number of hydrogen-bond acceptors (Lipinski definition) is 5. The number of likely N-dealkylation sites (tertiary alicyclic amines) is 2. The SMILES string of the molecule is CN=C(NCC1CCN(Cc2nc(C)c(C)o2)CC1)NCC(C)(C)N1CCCCC1.I. The molecule has 0 saturated carbocycles. The quantitative estimate of drug-likeness (QED) is 0.310.